The monoisotopic (exact) mass is 339 g/mol. The molecule has 132 valence electrons. The van der Waals surface area contributed by atoms with Crippen molar-refractivity contribution >= 4 is 23.0 Å². The Morgan fingerprint density at radius 2 is 1.54 bits per heavy atom. The van der Waals surface area contributed by atoms with E-state index in [1.807, 2.05) is 13.8 Å². The zero-order chi connectivity index (χ0) is 18.3. The van der Waals surface area contributed by atoms with Gasteiger partial charge in [0, 0.05) is 13.1 Å². The van der Waals surface area contributed by atoms with Crippen LogP contribution in [0.1, 0.15) is 49.9 Å². The maximum Gasteiger partial charge on any atom is 0.342 e. The topological polar surface area (TPSA) is 127 Å². The first kappa shape index (κ1) is 19.3. The van der Waals surface area contributed by atoms with E-state index in [9.17, 15) is 30.1 Å². The normalized spacial score (nSPS) is 10.4. The van der Waals surface area contributed by atoms with Gasteiger partial charge in [0.25, 0.3) is 11.4 Å². The number of carboxylic acid groups (broad SMARTS) is 1. The number of rotatable bonds is 10. The summed E-state index contributed by atoms with van der Waals surface area (Å²) < 4.78 is 0. The van der Waals surface area contributed by atoms with Crippen LogP contribution in [-0.4, -0.2) is 34.0 Å². The molecule has 1 N–H and O–H groups in total. The molecule has 0 radical (unpaired) electrons. The van der Waals surface area contributed by atoms with Crippen molar-refractivity contribution < 1.29 is 19.7 Å². The number of nitro benzene ring substituents is 2. The van der Waals surface area contributed by atoms with Gasteiger partial charge in [0.1, 0.15) is 11.3 Å². The van der Waals surface area contributed by atoms with Crippen LogP contribution < -0.4 is 4.90 Å². The Balaban J connectivity index is 3.50. The fourth-order valence-electron chi connectivity index (χ4n) is 2.34. The largest absolute Gasteiger partial charge is 0.477 e. The highest BCUT2D eigenvalue weighted by molar-refractivity contribution is 5.95. The lowest BCUT2D eigenvalue weighted by Crippen LogP contribution is -2.27. The molecule has 9 nitrogen and oxygen atoms in total. The number of carbonyl (C=O) groups is 1. The van der Waals surface area contributed by atoms with Gasteiger partial charge in [-0.1, -0.05) is 26.7 Å². The zero-order valence-electron chi connectivity index (χ0n) is 13.7. The molecule has 0 saturated carbocycles. The molecule has 0 bridgehead atoms. The summed E-state index contributed by atoms with van der Waals surface area (Å²) in [4.78, 5) is 33.8. The molecule has 0 unspecified atom stereocenters. The molecule has 0 aromatic heterocycles. The minimum Gasteiger partial charge on any atom is -0.477 e. The van der Waals surface area contributed by atoms with Gasteiger partial charge in [0.15, 0.2) is 0 Å². The Kier molecular flexibility index (Phi) is 7.09. The third-order valence-electron chi connectivity index (χ3n) is 3.62. The van der Waals surface area contributed by atoms with Crippen molar-refractivity contribution in [3.05, 3.63) is 37.9 Å². The Bertz CT molecular complexity index is 624. The Labute approximate surface area is 139 Å². The summed E-state index contributed by atoms with van der Waals surface area (Å²) in [5.41, 5.74) is -1.65. The third-order valence-corrected chi connectivity index (χ3v) is 3.62. The van der Waals surface area contributed by atoms with Crippen LogP contribution in [0.15, 0.2) is 12.1 Å². The molecule has 0 fully saturated rings. The highest BCUT2D eigenvalue weighted by Crippen LogP contribution is 2.35. The fraction of sp³-hybridized carbons (Fsp3) is 0.533. The van der Waals surface area contributed by atoms with Crippen LogP contribution in [0.5, 0.6) is 0 Å². The first-order valence-electron chi connectivity index (χ1n) is 7.78. The van der Waals surface area contributed by atoms with Crippen molar-refractivity contribution in [2.75, 3.05) is 18.0 Å². The average Bonchev–Trinajstić information content (AvgIpc) is 2.53. The molecule has 9 heteroatoms. The summed E-state index contributed by atoms with van der Waals surface area (Å²) in [5, 5.41) is 31.6. The molecule has 0 aliphatic heterocycles. The van der Waals surface area contributed by atoms with E-state index in [0.717, 1.165) is 37.8 Å². The SMILES string of the molecule is CCCCN(CCCC)c1cc(C(=O)O)c([N+](=O)[O-])cc1[N+](=O)[O-]. The molecule has 0 spiro atoms. The minimum absolute atomic E-state index is 0.116. The van der Waals surface area contributed by atoms with Crippen molar-refractivity contribution in [3.8, 4) is 0 Å². The fourth-order valence-corrected chi connectivity index (χ4v) is 2.34. The molecular weight excluding hydrogens is 318 g/mol. The molecule has 1 aromatic rings. The quantitative estimate of drug-likeness (QED) is 0.509. The molecular formula is C15H21N3O6. The van der Waals surface area contributed by atoms with E-state index in [-0.39, 0.29) is 5.69 Å². The van der Waals surface area contributed by atoms with Gasteiger partial charge in [-0.05, 0) is 18.9 Å². The second kappa shape index (κ2) is 8.80. The Morgan fingerprint density at radius 1 is 1.04 bits per heavy atom. The van der Waals surface area contributed by atoms with Crippen LogP contribution in [0.2, 0.25) is 0 Å². The van der Waals surface area contributed by atoms with E-state index < -0.39 is 32.8 Å². The van der Waals surface area contributed by atoms with Crippen molar-refractivity contribution in [2.45, 2.75) is 39.5 Å². The van der Waals surface area contributed by atoms with Gasteiger partial charge in [0.2, 0.25) is 0 Å². The van der Waals surface area contributed by atoms with Crippen molar-refractivity contribution in [2.24, 2.45) is 0 Å². The lowest BCUT2D eigenvalue weighted by Gasteiger charge is -2.24. The number of nitro groups is 2. The van der Waals surface area contributed by atoms with Crippen LogP contribution in [0.3, 0.4) is 0 Å². The maximum atomic E-state index is 11.3. The molecule has 1 rings (SSSR count). The second-order valence-corrected chi connectivity index (χ2v) is 5.37. The van der Waals surface area contributed by atoms with E-state index in [4.69, 9.17) is 0 Å². The van der Waals surface area contributed by atoms with Crippen LogP contribution in [0.4, 0.5) is 17.1 Å². The van der Waals surface area contributed by atoms with E-state index in [2.05, 4.69) is 0 Å². The van der Waals surface area contributed by atoms with Gasteiger partial charge >= 0.3 is 5.97 Å². The van der Waals surface area contributed by atoms with Gasteiger partial charge in [-0.15, -0.1) is 0 Å². The molecule has 0 heterocycles. The molecule has 0 aliphatic rings. The summed E-state index contributed by atoms with van der Waals surface area (Å²) in [6.45, 7) is 5.00. The van der Waals surface area contributed by atoms with E-state index in [1.54, 1.807) is 4.90 Å². The summed E-state index contributed by atoms with van der Waals surface area (Å²) in [6.07, 6.45) is 3.30. The number of carboxylic acids is 1. The van der Waals surface area contributed by atoms with Crippen molar-refractivity contribution in [3.63, 3.8) is 0 Å². The van der Waals surface area contributed by atoms with Crippen LogP contribution in [0.25, 0.3) is 0 Å². The van der Waals surface area contributed by atoms with Gasteiger partial charge in [-0.25, -0.2) is 4.79 Å². The predicted octanol–water partition coefficient (Wildman–Crippen LogP) is 3.61. The first-order chi connectivity index (χ1) is 11.3. The lowest BCUT2D eigenvalue weighted by atomic mass is 10.1. The molecule has 0 amide bonds. The summed E-state index contributed by atoms with van der Waals surface area (Å²) in [7, 11) is 0. The number of nitrogens with zero attached hydrogens (tertiary/aromatic N) is 3. The molecule has 0 aliphatic carbocycles. The number of unbranched alkanes of at least 4 members (excludes halogenated alkanes) is 2. The van der Waals surface area contributed by atoms with Crippen LogP contribution >= 0.6 is 0 Å². The van der Waals surface area contributed by atoms with E-state index >= 15 is 0 Å². The number of anilines is 1. The van der Waals surface area contributed by atoms with Crippen molar-refractivity contribution in [1.82, 2.24) is 0 Å². The molecule has 0 atom stereocenters. The smallest absolute Gasteiger partial charge is 0.342 e. The van der Waals surface area contributed by atoms with Gasteiger partial charge in [0.05, 0.1) is 15.9 Å². The van der Waals surface area contributed by atoms with E-state index in [0.29, 0.717) is 13.1 Å². The lowest BCUT2D eigenvalue weighted by molar-refractivity contribution is -0.393. The summed E-state index contributed by atoms with van der Waals surface area (Å²) in [5.74, 6) is -1.48. The predicted molar refractivity (Wildman–Crippen MR) is 88.7 cm³/mol. The Morgan fingerprint density at radius 3 is 1.92 bits per heavy atom. The number of hydrogen-bond acceptors (Lipinski definition) is 6. The number of aromatic carboxylic acids is 1. The van der Waals surface area contributed by atoms with Gasteiger partial charge in [-0.2, -0.15) is 0 Å². The molecule has 0 saturated heterocycles. The summed E-state index contributed by atoms with van der Waals surface area (Å²) in [6, 6.07) is 1.79. The summed E-state index contributed by atoms with van der Waals surface area (Å²) >= 11 is 0. The van der Waals surface area contributed by atoms with Crippen LogP contribution in [0, 0.1) is 20.2 Å². The second-order valence-electron chi connectivity index (χ2n) is 5.37. The highest BCUT2D eigenvalue weighted by Gasteiger charge is 2.30. The third kappa shape index (κ3) is 4.64. The maximum absolute atomic E-state index is 11.3. The van der Waals surface area contributed by atoms with E-state index in [1.165, 1.54) is 0 Å². The van der Waals surface area contributed by atoms with Gasteiger partial charge < -0.3 is 10.0 Å². The van der Waals surface area contributed by atoms with Crippen LogP contribution in [-0.2, 0) is 0 Å². The zero-order valence-corrected chi connectivity index (χ0v) is 13.7. The number of benzene rings is 1. The highest BCUT2D eigenvalue weighted by atomic mass is 16.6. The Hall–Kier alpha value is -2.71. The standard InChI is InChI=1S/C15H21N3O6/c1-3-5-7-16(8-6-4-2)13-9-11(15(19)20)12(17(21)22)10-14(13)18(23)24/h9-10H,3-8H2,1-2H3,(H,19,20). The first-order valence-corrected chi connectivity index (χ1v) is 7.78. The molecule has 1 aromatic carbocycles. The number of hydrogen-bond donors (Lipinski definition) is 1. The van der Waals surface area contributed by atoms with Gasteiger partial charge in [-0.3, -0.25) is 20.2 Å². The molecule has 24 heavy (non-hydrogen) atoms. The minimum atomic E-state index is -1.48. The van der Waals surface area contributed by atoms with Crippen molar-refractivity contribution in [1.29, 1.82) is 0 Å². The average molecular weight is 339 g/mol.